The van der Waals surface area contributed by atoms with Gasteiger partial charge in [0.05, 0.1) is 11.2 Å². The summed E-state index contributed by atoms with van der Waals surface area (Å²) in [5.41, 5.74) is 1.03. The smallest absolute Gasteiger partial charge is 0.311 e. The topological polar surface area (TPSA) is 96.7 Å². The highest BCUT2D eigenvalue weighted by molar-refractivity contribution is 7.91. The molecule has 1 aromatic heterocycles. The predicted octanol–water partition coefficient (Wildman–Crippen LogP) is 2.66. The second-order valence-corrected chi connectivity index (χ2v) is 9.61. The molecule has 0 aliphatic carbocycles. The molecule has 1 N–H and O–H groups in total. The summed E-state index contributed by atoms with van der Waals surface area (Å²) in [6.07, 6.45) is 3.13. The molecule has 0 radical (unpaired) electrons. The molecule has 2 aromatic rings. The lowest BCUT2D eigenvalue weighted by Gasteiger charge is -2.19. The van der Waals surface area contributed by atoms with Gasteiger partial charge in [0.1, 0.15) is 11.0 Å². The van der Waals surface area contributed by atoms with Gasteiger partial charge in [0.25, 0.3) is 0 Å². The number of carbonyl (C=O) groups excluding carboxylic acids is 2. The largest absolute Gasteiger partial charge is 0.468 e. The highest BCUT2D eigenvalue weighted by atomic mass is 32.2. The minimum Gasteiger partial charge on any atom is -0.468 e. The Morgan fingerprint density at radius 1 is 1.10 bits per heavy atom. The van der Waals surface area contributed by atoms with E-state index in [1.165, 1.54) is 11.2 Å². The predicted molar refractivity (Wildman–Crippen MR) is 108 cm³/mol. The molecular formula is C21H26N2O5S. The maximum atomic E-state index is 13.2. The van der Waals surface area contributed by atoms with Gasteiger partial charge in [-0.05, 0) is 48.6 Å². The number of furan rings is 1. The number of benzene rings is 1. The number of nitrogens with zero attached hydrogens (tertiary/aromatic N) is 1. The van der Waals surface area contributed by atoms with E-state index in [9.17, 15) is 18.0 Å². The van der Waals surface area contributed by atoms with Crippen LogP contribution in [0.1, 0.15) is 49.2 Å². The van der Waals surface area contributed by atoms with Crippen molar-refractivity contribution in [2.45, 2.75) is 42.8 Å². The molecule has 8 heteroatoms. The van der Waals surface area contributed by atoms with E-state index in [1.54, 1.807) is 36.4 Å². The van der Waals surface area contributed by atoms with Gasteiger partial charge in [0, 0.05) is 19.6 Å². The van der Waals surface area contributed by atoms with Crippen molar-refractivity contribution in [3.8, 4) is 0 Å². The van der Waals surface area contributed by atoms with Gasteiger partial charge in [0.2, 0.25) is 0 Å². The Morgan fingerprint density at radius 3 is 2.31 bits per heavy atom. The number of sulfone groups is 1. The number of nitrogens with one attached hydrogen (secondary N) is 1. The van der Waals surface area contributed by atoms with E-state index in [0.717, 1.165) is 18.4 Å². The zero-order chi connectivity index (χ0) is 21.0. The summed E-state index contributed by atoms with van der Waals surface area (Å²) in [6, 6.07) is 9.85. The first-order chi connectivity index (χ1) is 13.8. The first-order valence-electron chi connectivity index (χ1n) is 9.75. The van der Waals surface area contributed by atoms with Crippen LogP contribution in [0.3, 0.4) is 0 Å². The maximum Gasteiger partial charge on any atom is 0.311 e. The number of likely N-dealkylation sites (tertiary alicyclic amines) is 1. The van der Waals surface area contributed by atoms with Crippen molar-refractivity contribution in [3.63, 3.8) is 0 Å². The fourth-order valence-electron chi connectivity index (χ4n) is 3.37. The normalized spacial score (nSPS) is 15.5. The van der Waals surface area contributed by atoms with E-state index in [4.69, 9.17) is 4.42 Å². The number of rotatable bonds is 6. The Morgan fingerprint density at radius 2 is 1.76 bits per heavy atom. The second kappa shape index (κ2) is 8.82. The molecule has 1 saturated heterocycles. The molecule has 2 amide bonds. The minimum atomic E-state index is -3.84. The summed E-state index contributed by atoms with van der Waals surface area (Å²) in [5.74, 6) is -0.927. The standard InChI is InChI=1S/C21H26N2O5S/c1-15(2)16-7-9-17(10-8-16)29(26,27)19(18-6-5-13-28-18)14-22-20(24)21(25)23-11-3-4-12-23/h5-10,13,15,19H,3-4,11-12,14H2,1-2H3,(H,22,24)/t19-/m1/s1. The molecule has 7 nitrogen and oxygen atoms in total. The van der Waals surface area contributed by atoms with Crippen LogP contribution in [0.5, 0.6) is 0 Å². The van der Waals surface area contributed by atoms with Gasteiger partial charge in [-0.1, -0.05) is 26.0 Å². The molecule has 0 bridgehead atoms. The third-order valence-corrected chi connectivity index (χ3v) is 7.22. The van der Waals surface area contributed by atoms with Gasteiger partial charge in [0.15, 0.2) is 9.84 Å². The lowest BCUT2D eigenvalue weighted by Crippen LogP contribution is -2.43. The Balaban J connectivity index is 1.80. The molecule has 1 fully saturated rings. The summed E-state index contributed by atoms with van der Waals surface area (Å²) < 4.78 is 31.8. The van der Waals surface area contributed by atoms with Crippen LogP contribution >= 0.6 is 0 Å². The molecule has 29 heavy (non-hydrogen) atoms. The first kappa shape index (κ1) is 21.1. The molecule has 3 rings (SSSR count). The molecular weight excluding hydrogens is 392 g/mol. The molecule has 156 valence electrons. The summed E-state index contributed by atoms with van der Waals surface area (Å²) in [7, 11) is -3.84. The monoisotopic (exact) mass is 418 g/mol. The molecule has 0 saturated carbocycles. The molecule has 1 aliphatic heterocycles. The number of amides is 2. The van der Waals surface area contributed by atoms with Crippen molar-refractivity contribution in [2.75, 3.05) is 19.6 Å². The van der Waals surface area contributed by atoms with Crippen LogP contribution in [-0.2, 0) is 19.4 Å². The molecule has 1 atom stereocenters. The van der Waals surface area contributed by atoms with Crippen LogP contribution < -0.4 is 5.32 Å². The highest BCUT2D eigenvalue weighted by Crippen LogP contribution is 2.30. The van der Waals surface area contributed by atoms with Crippen LogP contribution in [0.25, 0.3) is 0 Å². The van der Waals surface area contributed by atoms with Gasteiger partial charge >= 0.3 is 11.8 Å². The molecule has 0 unspecified atom stereocenters. The van der Waals surface area contributed by atoms with Crippen molar-refractivity contribution in [3.05, 3.63) is 54.0 Å². The lowest BCUT2D eigenvalue weighted by molar-refractivity contribution is -0.145. The fraction of sp³-hybridized carbons (Fsp3) is 0.429. The quantitative estimate of drug-likeness (QED) is 0.728. The lowest BCUT2D eigenvalue weighted by atomic mass is 10.0. The Hall–Kier alpha value is -2.61. The SMILES string of the molecule is CC(C)c1ccc(S(=O)(=O)[C@H](CNC(=O)C(=O)N2CCCC2)c2ccco2)cc1. The van der Waals surface area contributed by atoms with Crippen LogP contribution in [0.15, 0.2) is 52.0 Å². The van der Waals surface area contributed by atoms with Gasteiger partial charge in [-0.3, -0.25) is 9.59 Å². The van der Waals surface area contributed by atoms with Gasteiger partial charge < -0.3 is 14.6 Å². The van der Waals surface area contributed by atoms with Crippen molar-refractivity contribution in [1.29, 1.82) is 0 Å². The van der Waals surface area contributed by atoms with Crippen LogP contribution in [0.4, 0.5) is 0 Å². The second-order valence-electron chi connectivity index (χ2n) is 7.48. The highest BCUT2D eigenvalue weighted by Gasteiger charge is 2.33. The average molecular weight is 419 g/mol. The molecule has 2 heterocycles. The Bertz CT molecular complexity index is 943. The first-order valence-corrected chi connectivity index (χ1v) is 11.3. The Kier molecular flexibility index (Phi) is 6.42. The van der Waals surface area contributed by atoms with E-state index in [-0.39, 0.29) is 23.1 Å². The van der Waals surface area contributed by atoms with Crippen LogP contribution in [0, 0.1) is 0 Å². The van der Waals surface area contributed by atoms with E-state index in [2.05, 4.69) is 5.32 Å². The van der Waals surface area contributed by atoms with E-state index in [1.807, 2.05) is 13.8 Å². The van der Waals surface area contributed by atoms with Crippen LogP contribution in [-0.4, -0.2) is 44.8 Å². The number of hydrogen-bond donors (Lipinski definition) is 1. The summed E-state index contributed by atoms with van der Waals surface area (Å²) in [6.45, 7) is 4.91. The van der Waals surface area contributed by atoms with Crippen molar-refractivity contribution in [2.24, 2.45) is 0 Å². The Labute approximate surface area is 171 Å². The summed E-state index contributed by atoms with van der Waals surface area (Å²) in [4.78, 5) is 26.1. The van der Waals surface area contributed by atoms with E-state index < -0.39 is 26.9 Å². The maximum absolute atomic E-state index is 13.2. The van der Waals surface area contributed by atoms with Crippen molar-refractivity contribution in [1.82, 2.24) is 10.2 Å². The van der Waals surface area contributed by atoms with Crippen LogP contribution in [0.2, 0.25) is 0 Å². The zero-order valence-corrected chi connectivity index (χ0v) is 17.4. The van der Waals surface area contributed by atoms with Crippen molar-refractivity contribution < 1.29 is 22.4 Å². The van der Waals surface area contributed by atoms with E-state index in [0.29, 0.717) is 13.1 Å². The minimum absolute atomic E-state index is 0.142. The third kappa shape index (κ3) is 4.70. The van der Waals surface area contributed by atoms with Crippen molar-refractivity contribution >= 4 is 21.7 Å². The third-order valence-electron chi connectivity index (χ3n) is 5.15. The van der Waals surface area contributed by atoms with Gasteiger partial charge in [-0.15, -0.1) is 0 Å². The summed E-state index contributed by atoms with van der Waals surface area (Å²) in [5, 5.41) is 1.36. The molecule has 0 spiro atoms. The summed E-state index contributed by atoms with van der Waals surface area (Å²) >= 11 is 0. The number of hydrogen-bond acceptors (Lipinski definition) is 5. The van der Waals surface area contributed by atoms with Gasteiger partial charge in [-0.25, -0.2) is 8.42 Å². The zero-order valence-electron chi connectivity index (χ0n) is 16.6. The van der Waals surface area contributed by atoms with Gasteiger partial charge in [-0.2, -0.15) is 0 Å². The van der Waals surface area contributed by atoms with E-state index >= 15 is 0 Å². The molecule has 1 aliphatic rings. The average Bonchev–Trinajstić information content (AvgIpc) is 3.41. The number of carbonyl (C=O) groups is 2. The fourth-order valence-corrected chi connectivity index (χ4v) is 4.96. The molecule has 1 aromatic carbocycles.